The van der Waals surface area contributed by atoms with E-state index in [0.29, 0.717) is 0 Å². The molecule has 4 aromatic rings. The van der Waals surface area contributed by atoms with Crippen LogP contribution in [0.4, 0.5) is 5.82 Å². The standard InChI is InChI=1S/C24H25N5S/c1-2-9-20-19(8-1)21-23(26-16-27-24(21)30-20)29-13-11-28(12-14-29)15-18-6-3-5-17-7-4-10-25-22(17)18/h3-7,10,16H,1-2,8-9,11-15H2. The molecule has 4 heterocycles. The number of rotatable bonds is 3. The summed E-state index contributed by atoms with van der Waals surface area (Å²) in [6.45, 7) is 5.06. The number of hydrogen-bond acceptors (Lipinski definition) is 6. The van der Waals surface area contributed by atoms with Gasteiger partial charge >= 0.3 is 0 Å². The summed E-state index contributed by atoms with van der Waals surface area (Å²) in [6.07, 6.45) is 8.65. The Morgan fingerprint density at radius 1 is 0.900 bits per heavy atom. The molecule has 6 heteroatoms. The molecule has 0 amide bonds. The quantitative estimate of drug-likeness (QED) is 0.495. The molecule has 0 radical (unpaired) electrons. The number of benzene rings is 1. The third kappa shape index (κ3) is 3.15. The fourth-order valence-electron chi connectivity index (χ4n) is 4.97. The van der Waals surface area contributed by atoms with Gasteiger partial charge in [0.05, 0.1) is 10.9 Å². The molecule has 152 valence electrons. The maximum atomic E-state index is 4.75. The molecule has 1 fully saturated rings. The Bertz CT molecular complexity index is 1200. The van der Waals surface area contributed by atoms with Gasteiger partial charge < -0.3 is 4.90 Å². The normalized spacial score (nSPS) is 17.5. The van der Waals surface area contributed by atoms with E-state index >= 15 is 0 Å². The number of para-hydroxylation sites is 1. The SMILES string of the molecule is c1cnc2c(CN3CCN(c4ncnc5sc6c(c45)CCCC6)CC3)cccc2c1. The van der Waals surface area contributed by atoms with Gasteiger partial charge in [-0.05, 0) is 42.9 Å². The first-order valence-corrected chi connectivity index (χ1v) is 11.7. The van der Waals surface area contributed by atoms with Crippen LogP contribution in [0.15, 0.2) is 42.9 Å². The molecule has 0 saturated carbocycles. The molecule has 5 nitrogen and oxygen atoms in total. The van der Waals surface area contributed by atoms with E-state index in [1.54, 1.807) is 11.2 Å². The molecule has 1 aliphatic carbocycles. The molecular formula is C24H25N5S. The Morgan fingerprint density at radius 2 is 1.77 bits per heavy atom. The van der Waals surface area contributed by atoms with Crippen LogP contribution in [0, 0.1) is 0 Å². The van der Waals surface area contributed by atoms with Crippen LogP contribution in [0.1, 0.15) is 28.8 Å². The van der Waals surface area contributed by atoms with Crippen molar-refractivity contribution < 1.29 is 0 Å². The zero-order valence-corrected chi connectivity index (χ0v) is 17.9. The topological polar surface area (TPSA) is 45.2 Å². The monoisotopic (exact) mass is 415 g/mol. The first-order valence-electron chi connectivity index (χ1n) is 10.9. The Balaban J connectivity index is 1.22. The minimum Gasteiger partial charge on any atom is -0.353 e. The van der Waals surface area contributed by atoms with Crippen molar-refractivity contribution in [1.29, 1.82) is 0 Å². The largest absolute Gasteiger partial charge is 0.353 e. The molecule has 30 heavy (non-hydrogen) atoms. The van der Waals surface area contributed by atoms with Gasteiger partial charge in [-0.15, -0.1) is 11.3 Å². The van der Waals surface area contributed by atoms with Crippen molar-refractivity contribution in [2.75, 3.05) is 31.1 Å². The van der Waals surface area contributed by atoms with Crippen molar-refractivity contribution in [2.24, 2.45) is 0 Å². The van der Waals surface area contributed by atoms with Crippen LogP contribution in [-0.2, 0) is 19.4 Å². The molecule has 0 bridgehead atoms. The molecule has 1 aliphatic heterocycles. The fraction of sp³-hybridized carbons (Fsp3) is 0.375. The first-order chi connectivity index (χ1) is 14.9. The Hall–Kier alpha value is -2.57. The van der Waals surface area contributed by atoms with Crippen LogP contribution in [0.25, 0.3) is 21.1 Å². The van der Waals surface area contributed by atoms with E-state index in [9.17, 15) is 0 Å². The summed E-state index contributed by atoms with van der Waals surface area (Å²) in [5, 5.41) is 2.56. The van der Waals surface area contributed by atoms with Gasteiger partial charge in [0, 0.05) is 49.2 Å². The van der Waals surface area contributed by atoms with Crippen molar-refractivity contribution in [3.63, 3.8) is 0 Å². The Labute approximate surface area is 180 Å². The van der Waals surface area contributed by atoms with Crippen LogP contribution >= 0.6 is 11.3 Å². The Morgan fingerprint density at radius 3 is 2.70 bits per heavy atom. The number of thiophene rings is 1. The molecule has 0 unspecified atom stereocenters. The number of pyridine rings is 1. The third-order valence-electron chi connectivity index (χ3n) is 6.51. The lowest BCUT2D eigenvalue weighted by molar-refractivity contribution is 0.250. The van der Waals surface area contributed by atoms with Gasteiger partial charge in [0.1, 0.15) is 17.0 Å². The minimum absolute atomic E-state index is 0.954. The zero-order chi connectivity index (χ0) is 19.9. The van der Waals surface area contributed by atoms with E-state index in [-0.39, 0.29) is 0 Å². The second-order valence-electron chi connectivity index (χ2n) is 8.34. The summed E-state index contributed by atoms with van der Waals surface area (Å²) in [5.74, 6) is 1.16. The molecule has 3 aromatic heterocycles. The van der Waals surface area contributed by atoms with E-state index in [0.717, 1.165) is 44.1 Å². The summed E-state index contributed by atoms with van der Waals surface area (Å²) in [4.78, 5) is 21.7. The van der Waals surface area contributed by atoms with E-state index < -0.39 is 0 Å². The van der Waals surface area contributed by atoms with Crippen molar-refractivity contribution in [2.45, 2.75) is 32.2 Å². The highest BCUT2D eigenvalue weighted by atomic mass is 32.1. The van der Waals surface area contributed by atoms with Crippen LogP contribution in [0.3, 0.4) is 0 Å². The second-order valence-corrected chi connectivity index (χ2v) is 9.43. The minimum atomic E-state index is 0.954. The number of piperazine rings is 1. The summed E-state index contributed by atoms with van der Waals surface area (Å²) >= 11 is 1.89. The van der Waals surface area contributed by atoms with Crippen LogP contribution in [-0.4, -0.2) is 46.0 Å². The number of hydrogen-bond donors (Lipinski definition) is 0. The molecule has 0 N–H and O–H groups in total. The molecule has 1 saturated heterocycles. The van der Waals surface area contributed by atoms with Gasteiger partial charge in [-0.3, -0.25) is 9.88 Å². The van der Waals surface area contributed by atoms with Gasteiger partial charge in [0.2, 0.25) is 0 Å². The van der Waals surface area contributed by atoms with Gasteiger partial charge in [-0.2, -0.15) is 0 Å². The number of anilines is 1. The van der Waals surface area contributed by atoms with Gasteiger partial charge in [0.25, 0.3) is 0 Å². The number of aromatic nitrogens is 3. The van der Waals surface area contributed by atoms with Crippen molar-refractivity contribution in [3.05, 3.63) is 58.9 Å². The van der Waals surface area contributed by atoms with Crippen LogP contribution < -0.4 is 4.90 Å². The molecule has 2 aliphatic rings. The highest BCUT2D eigenvalue weighted by Crippen LogP contribution is 2.39. The smallest absolute Gasteiger partial charge is 0.141 e. The predicted octanol–water partition coefficient (Wildman–Crippen LogP) is 4.44. The Kier molecular flexibility index (Phi) is 4.61. The van der Waals surface area contributed by atoms with Crippen molar-refractivity contribution in [1.82, 2.24) is 19.9 Å². The second kappa shape index (κ2) is 7.60. The number of aryl methyl sites for hydroxylation is 2. The fourth-order valence-corrected chi connectivity index (χ4v) is 6.19. The number of fused-ring (bicyclic) bond motifs is 4. The molecule has 0 spiro atoms. The maximum Gasteiger partial charge on any atom is 0.141 e. The number of nitrogens with zero attached hydrogens (tertiary/aromatic N) is 5. The average molecular weight is 416 g/mol. The van der Waals surface area contributed by atoms with E-state index in [1.807, 2.05) is 23.6 Å². The first kappa shape index (κ1) is 18.2. The van der Waals surface area contributed by atoms with E-state index in [2.05, 4.69) is 44.0 Å². The van der Waals surface area contributed by atoms with Crippen molar-refractivity contribution >= 4 is 38.3 Å². The predicted molar refractivity (Wildman–Crippen MR) is 123 cm³/mol. The summed E-state index contributed by atoms with van der Waals surface area (Å²) in [6, 6.07) is 10.7. The lowest BCUT2D eigenvalue weighted by Gasteiger charge is -2.36. The van der Waals surface area contributed by atoms with E-state index in [1.165, 1.54) is 52.4 Å². The molecular weight excluding hydrogens is 390 g/mol. The summed E-state index contributed by atoms with van der Waals surface area (Å²) < 4.78 is 0. The highest BCUT2D eigenvalue weighted by molar-refractivity contribution is 7.19. The van der Waals surface area contributed by atoms with Crippen LogP contribution in [0.2, 0.25) is 0 Å². The maximum absolute atomic E-state index is 4.75. The average Bonchev–Trinajstić information content (AvgIpc) is 3.19. The van der Waals surface area contributed by atoms with E-state index in [4.69, 9.17) is 4.98 Å². The zero-order valence-electron chi connectivity index (χ0n) is 17.0. The van der Waals surface area contributed by atoms with Gasteiger partial charge in [-0.1, -0.05) is 24.3 Å². The highest BCUT2D eigenvalue weighted by Gasteiger charge is 2.25. The van der Waals surface area contributed by atoms with Gasteiger partial charge in [-0.25, -0.2) is 9.97 Å². The summed E-state index contributed by atoms with van der Waals surface area (Å²) in [5.41, 5.74) is 3.98. The molecule has 0 atom stereocenters. The lowest BCUT2D eigenvalue weighted by atomic mass is 9.97. The lowest BCUT2D eigenvalue weighted by Crippen LogP contribution is -2.46. The molecule has 1 aromatic carbocycles. The summed E-state index contributed by atoms with van der Waals surface area (Å²) in [7, 11) is 0. The van der Waals surface area contributed by atoms with Crippen LogP contribution in [0.5, 0.6) is 0 Å². The molecule has 6 rings (SSSR count). The van der Waals surface area contributed by atoms with Crippen molar-refractivity contribution in [3.8, 4) is 0 Å². The third-order valence-corrected chi connectivity index (χ3v) is 7.71. The van der Waals surface area contributed by atoms with Gasteiger partial charge in [0.15, 0.2) is 0 Å².